The highest BCUT2D eigenvalue weighted by Crippen LogP contribution is 2.31. The lowest BCUT2D eigenvalue weighted by Gasteiger charge is -2.33. The fourth-order valence-corrected chi connectivity index (χ4v) is 3.28. The smallest absolute Gasteiger partial charge is 0.0398 e. The zero-order valence-corrected chi connectivity index (χ0v) is 13.4. The minimum Gasteiger partial charge on any atom is -0.368 e. The molecule has 0 saturated heterocycles. The molecule has 0 aromatic heterocycles. The van der Waals surface area contributed by atoms with E-state index >= 15 is 0 Å². The molecule has 2 rings (SSSR count). The van der Waals surface area contributed by atoms with Crippen LogP contribution in [0.2, 0.25) is 0 Å². The lowest BCUT2D eigenvalue weighted by molar-refractivity contribution is 0.528. The molecule has 2 N–H and O–H groups in total. The molecule has 1 aliphatic rings. The summed E-state index contributed by atoms with van der Waals surface area (Å²) in [4.78, 5) is 2.67. The third-order valence-corrected chi connectivity index (χ3v) is 4.52. The van der Waals surface area contributed by atoms with Gasteiger partial charge < -0.3 is 10.6 Å². The fraction of sp³-hybridized carbons (Fsp3) is 0.667. The van der Waals surface area contributed by atoms with Crippen LogP contribution in [0.3, 0.4) is 0 Å². The van der Waals surface area contributed by atoms with Gasteiger partial charge in [0.2, 0.25) is 0 Å². The van der Waals surface area contributed by atoms with Gasteiger partial charge in [-0.2, -0.15) is 0 Å². The molecule has 2 heteroatoms. The van der Waals surface area contributed by atoms with Crippen LogP contribution in [-0.2, 0) is 6.54 Å². The van der Waals surface area contributed by atoms with Gasteiger partial charge in [-0.05, 0) is 49.3 Å². The van der Waals surface area contributed by atoms with Crippen molar-refractivity contribution >= 4 is 5.69 Å². The van der Waals surface area contributed by atoms with E-state index in [9.17, 15) is 0 Å². The molecule has 0 bridgehead atoms. The van der Waals surface area contributed by atoms with Gasteiger partial charge in [0, 0.05) is 24.8 Å². The lowest BCUT2D eigenvalue weighted by atomic mass is 10.0. The zero-order chi connectivity index (χ0) is 14.5. The first-order chi connectivity index (χ1) is 9.61. The average Bonchev–Trinajstić information content (AvgIpc) is 2.94. The van der Waals surface area contributed by atoms with Gasteiger partial charge in [-0.15, -0.1) is 0 Å². The Bertz CT molecular complexity index is 419. The molecule has 1 aromatic rings. The highest BCUT2D eigenvalue weighted by Gasteiger charge is 2.23. The molecular formula is C18H30N2. The van der Waals surface area contributed by atoms with E-state index in [1.807, 2.05) is 0 Å². The van der Waals surface area contributed by atoms with Gasteiger partial charge in [0.05, 0.1) is 0 Å². The van der Waals surface area contributed by atoms with Crippen LogP contribution in [-0.4, -0.2) is 12.6 Å². The van der Waals surface area contributed by atoms with Crippen LogP contribution in [0.15, 0.2) is 18.2 Å². The number of nitrogens with two attached hydrogens (primary N) is 1. The Balaban J connectivity index is 2.20. The minimum absolute atomic E-state index is 0.635. The van der Waals surface area contributed by atoms with Crippen molar-refractivity contribution in [2.45, 2.75) is 65.5 Å². The molecule has 112 valence electrons. The van der Waals surface area contributed by atoms with E-state index < -0.39 is 0 Å². The molecule has 0 heterocycles. The Labute approximate surface area is 124 Å². The highest BCUT2D eigenvalue weighted by atomic mass is 15.2. The fourth-order valence-electron chi connectivity index (χ4n) is 3.28. The van der Waals surface area contributed by atoms with E-state index in [2.05, 4.69) is 43.9 Å². The van der Waals surface area contributed by atoms with Crippen molar-refractivity contribution in [1.82, 2.24) is 0 Å². The van der Waals surface area contributed by atoms with Crippen molar-refractivity contribution in [3.8, 4) is 0 Å². The van der Waals surface area contributed by atoms with Crippen molar-refractivity contribution in [2.24, 2.45) is 11.7 Å². The maximum absolute atomic E-state index is 5.75. The summed E-state index contributed by atoms with van der Waals surface area (Å²) in [5.41, 5.74) is 9.79. The third-order valence-electron chi connectivity index (χ3n) is 4.52. The van der Waals surface area contributed by atoms with Gasteiger partial charge in [0.15, 0.2) is 0 Å². The average molecular weight is 274 g/mol. The summed E-state index contributed by atoms with van der Waals surface area (Å²) < 4.78 is 0. The quantitative estimate of drug-likeness (QED) is 0.840. The molecule has 0 spiro atoms. The molecule has 0 radical (unpaired) electrons. The predicted octanol–water partition coefficient (Wildman–Crippen LogP) is 4.25. The second-order valence-corrected chi connectivity index (χ2v) is 6.64. The SMILES string of the molecule is Cc1cc(CN)ccc1N(CCC(C)C)C1CCCC1. The van der Waals surface area contributed by atoms with Crippen molar-refractivity contribution in [3.63, 3.8) is 0 Å². The number of rotatable bonds is 6. The Morgan fingerprint density at radius 3 is 2.50 bits per heavy atom. The molecule has 0 unspecified atom stereocenters. The summed E-state index contributed by atoms with van der Waals surface area (Å²) in [6.07, 6.45) is 6.77. The van der Waals surface area contributed by atoms with Gasteiger partial charge in [-0.3, -0.25) is 0 Å². The lowest BCUT2D eigenvalue weighted by Crippen LogP contribution is -2.35. The second kappa shape index (κ2) is 7.12. The Morgan fingerprint density at radius 2 is 1.95 bits per heavy atom. The summed E-state index contributed by atoms with van der Waals surface area (Å²) in [5.74, 6) is 0.766. The second-order valence-electron chi connectivity index (χ2n) is 6.64. The molecule has 1 saturated carbocycles. The molecule has 1 aromatic carbocycles. The number of benzene rings is 1. The van der Waals surface area contributed by atoms with E-state index in [0.717, 1.165) is 12.0 Å². The number of nitrogens with zero attached hydrogens (tertiary/aromatic N) is 1. The normalized spacial score (nSPS) is 16.1. The predicted molar refractivity (Wildman–Crippen MR) is 88.1 cm³/mol. The first-order valence-corrected chi connectivity index (χ1v) is 8.18. The first kappa shape index (κ1) is 15.4. The van der Waals surface area contributed by atoms with Crippen molar-refractivity contribution in [3.05, 3.63) is 29.3 Å². The largest absolute Gasteiger partial charge is 0.368 e. The van der Waals surface area contributed by atoms with E-state index in [1.54, 1.807) is 0 Å². The van der Waals surface area contributed by atoms with E-state index in [-0.39, 0.29) is 0 Å². The number of hydrogen-bond acceptors (Lipinski definition) is 2. The van der Waals surface area contributed by atoms with E-state index in [0.29, 0.717) is 6.54 Å². The third kappa shape index (κ3) is 3.76. The number of aryl methyl sites for hydroxylation is 1. The Hall–Kier alpha value is -1.02. The van der Waals surface area contributed by atoms with Gasteiger partial charge in [0.1, 0.15) is 0 Å². The number of anilines is 1. The summed E-state index contributed by atoms with van der Waals surface area (Å²) in [6.45, 7) is 8.68. The molecule has 1 aliphatic carbocycles. The van der Waals surface area contributed by atoms with Gasteiger partial charge in [0.25, 0.3) is 0 Å². The molecule has 20 heavy (non-hydrogen) atoms. The maximum Gasteiger partial charge on any atom is 0.0398 e. The van der Waals surface area contributed by atoms with Crippen LogP contribution in [0, 0.1) is 12.8 Å². The molecule has 1 fully saturated rings. The Kier molecular flexibility index (Phi) is 5.47. The van der Waals surface area contributed by atoms with Crippen LogP contribution >= 0.6 is 0 Å². The van der Waals surface area contributed by atoms with Crippen molar-refractivity contribution < 1.29 is 0 Å². The van der Waals surface area contributed by atoms with Gasteiger partial charge >= 0.3 is 0 Å². The topological polar surface area (TPSA) is 29.3 Å². The van der Waals surface area contributed by atoms with E-state index in [4.69, 9.17) is 5.73 Å². The van der Waals surface area contributed by atoms with Crippen molar-refractivity contribution in [2.75, 3.05) is 11.4 Å². The standard InChI is InChI=1S/C18H30N2/c1-14(2)10-11-20(17-6-4-5-7-17)18-9-8-16(13-19)12-15(18)3/h8-9,12,14,17H,4-7,10-11,13,19H2,1-3H3. The van der Waals surface area contributed by atoms with Crippen LogP contribution in [0.25, 0.3) is 0 Å². The van der Waals surface area contributed by atoms with Crippen LogP contribution < -0.4 is 10.6 Å². The summed E-state index contributed by atoms with van der Waals surface area (Å²) in [7, 11) is 0. The minimum atomic E-state index is 0.635. The summed E-state index contributed by atoms with van der Waals surface area (Å²) in [6, 6.07) is 7.49. The Morgan fingerprint density at radius 1 is 1.25 bits per heavy atom. The molecule has 0 amide bonds. The van der Waals surface area contributed by atoms with Crippen LogP contribution in [0.4, 0.5) is 5.69 Å². The van der Waals surface area contributed by atoms with Crippen LogP contribution in [0.5, 0.6) is 0 Å². The van der Waals surface area contributed by atoms with Gasteiger partial charge in [-0.25, -0.2) is 0 Å². The molecular weight excluding hydrogens is 244 g/mol. The molecule has 2 nitrogen and oxygen atoms in total. The summed E-state index contributed by atoms with van der Waals surface area (Å²) in [5, 5.41) is 0. The number of hydrogen-bond donors (Lipinski definition) is 1. The first-order valence-electron chi connectivity index (χ1n) is 8.18. The van der Waals surface area contributed by atoms with Crippen LogP contribution in [0.1, 0.15) is 57.1 Å². The van der Waals surface area contributed by atoms with Crippen molar-refractivity contribution in [1.29, 1.82) is 0 Å². The molecule has 0 atom stereocenters. The zero-order valence-electron chi connectivity index (χ0n) is 13.4. The summed E-state index contributed by atoms with van der Waals surface area (Å²) >= 11 is 0. The van der Waals surface area contributed by atoms with E-state index in [1.165, 1.54) is 55.5 Å². The van der Waals surface area contributed by atoms with Gasteiger partial charge in [-0.1, -0.05) is 38.8 Å². The monoisotopic (exact) mass is 274 g/mol. The maximum atomic E-state index is 5.75. The highest BCUT2D eigenvalue weighted by molar-refractivity contribution is 5.55. The molecule has 0 aliphatic heterocycles.